The zero-order chi connectivity index (χ0) is 9.47. The van der Waals surface area contributed by atoms with E-state index in [0.29, 0.717) is 12.5 Å². The second kappa shape index (κ2) is 2.96. The zero-order valence-corrected chi connectivity index (χ0v) is 7.92. The van der Waals surface area contributed by atoms with E-state index in [4.69, 9.17) is 5.11 Å². The van der Waals surface area contributed by atoms with E-state index in [9.17, 15) is 4.79 Å². The second-order valence-corrected chi connectivity index (χ2v) is 4.26. The lowest BCUT2D eigenvalue weighted by atomic mass is 10.1. The molecule has 0 spiro atoms. The Bertz CT molecular complexity index is 228. The molecule has 1 saturated heterocycles. The number of carbonyl (C=O) groups excluding carboxylic acids is 1. The number of hydrogen-bond donors (Lipinski definition) is 2. The molecule has 2 aliphatic rings. The van der Waals surface area contributed by atoms with Crippen molar-refractivity contribution in [1.82, 2.24) is 10.2 Å². The Labute approximate surface area is 77.9 Å². The summed E-state index contributed by atoms with van der Waals surface area (Å²) in [7, 11) is 1.65. The number of aliphatic hydroxyl groups is 1. The highest BCUT2D eigenvalue weighted by molar-refractivity contribution is 5.77. The lowest BCUT2D eigenvalue weighted by Gasteiger charge is -2.18. The number of carbonyl (C=O) groups is 1. The monoisotopic (exact) mass is 184 g/mol. The molecule has 1 saturated carbocycles. The third-order valence-corrected chi connectivity index (χ3v) is 3.34. The minimum atomic E-state index is 0.0642. The molecule has 13 heavy (non-hydrogen) atoms. The van der Waals surface area contributed by atoms with Crippen molar-refractivity contribution in [2.75, 3.05) is 33.3 Å². The third-order valence-electron chi connectivity index (χ3n) is 3.34. The van der Waals surface area contributed by atoms with Crippen molar-refractivity contribution in [3.05, 3.63) is 0 Å². The number of hydrogen-bond acceptors (Lipinski definition) is 3. The van der Waals surface area contributed by atoms with Gasteiger partial charge in [-0.15, -0.1) is 0 Å². The van der Waals surface area contributed by atoms with Gasteiger partial charge in [0.2, 0.25) is 5.91 Å². The molecule has 2 fully saturated rings. The van der Waals surface area contributed by atoms with Crippen LogP contribution in [0.1, 0.15) is 6.42 Å². The molecule has 4 nitrogen and oxygen atoms in total. The average molecular weight is 184 g/mol. The normalized spacial score (nSPS) is 37.2. The Balaban J connectivity index is 1.84. The summed E-state index contributed by atoms with van der Waals surface area (Å²) in [5.74, 6) is 0.705. The molecule has 2 rings (SSSR count). The molecule has 74 valence electrons. The van der Waals surface area contributed by atoms with Crippen LogP contribution in [-0.4, -0.2) is 49.2 Å². The fourth-order valence-electron chi connectivity index (χ4n) is 2.35. The van der Waals surface area contributed by atoms with Gasteiger partial charge in [-0.3, -0.25) is 9.69 Å². The van der Waals surface area contributed by atoms with Crippen LogP contribution in [0.3, 0.4) is 0 Å². The summed E-state index contributed by atoms with van der Waals surface area (Å²) >= 11 is 0. The number of likely N-dealkylation sites (tertiary alicyclic amines) is 1. The van der Waals surface area contributed by atoms with Gasteiger partial charge in [0.15, 0.2) is 0 Å². The van der Waals surface area contributed by atoms with Gasteiger partial charge in [-0.1, -0.05) is 0 Å². The lowest BCUT2D eigenvalue weighted by molar-refractivity contribution is -0.121. The van der Waals surface area contributed by atoms with Crippen LogP contribution in [0, 0.1) is 11.3 Å². The molecular formula is C9H16N2O2. The summed E-state index contributed by atoms with van der Waals surface area (Å²) in [6.07, 6.45) is 1.15. The highest BCUT2D eigenvalue weighted by Gasteiger charge is 2.59. The largest absolute Gasteiger partial charge is 0.396 e. The number of nitrogens with one attached hydrogen (secondary N) is 1. The van der Waals surface area contributed by atoms with E-state index in [1.165, 1.54) is 0 Å². The maximum absolute atomic E-state index is 11.1. The number of likely N-dealkylation sites (N-methyl/N-ethyl adjacent to an activating group) is 1. The quantitative estimate of drug-likeness (QED) is 0.594. The molecule has 4 heteroatoms. The summed E-state index contributed by atoms with van der Waals surface area (Å²) in [4.78, 5) is 13.2. The lowest BCUT2D eigenvalue weighted by Crippen LogP contribution is -2.36. The molecule has 0 radical (unpaired) electrons. The van der Waals surface area contributed by atoms with Crippen LogP contribution in [0.15, 0.2) is 0 Å². The first-order valence-electron chi connectivity index (χ1n) is 4.74. The summed E-state index contributed by atoms with van der Waals surface area (Å²) in [5, 5.41) is 11.8. The van der Waals surface area contributed by atoms with E-state index in [-0.39, 0.29) is 17.9 Å². The maximum Gasteiger partial charge on any atom is 0.233 e. The highest BCUT2D eigenvalue weighted by atomic mass is 16.3. The molecule has 1 heterocycles. The molecule has 0 aromatic heterocycles. The van der Waals surface area contributed by atoms with Crippen molar-refractivity contribution >= 4 is 5.91 Å². The first-order valence-corrected chi connectivity index (χ1v) is 4.74. The van der Waals surface area contributed by atoms with E-state index in [0.717, 1.165) is 19.5 Å². The predicted octanol–water partition coefficient (Wildman–Crippen LogP) is -0.953. The van der Waals surface area contributed by atoms with E-state index >= 15 is 0 Å². The number of nitrogens with zero attached hydrogens (tertiary/aromatic N) is 1. The van der Waals surface area contributed by atoms with Gasteiger partial charge in [0, 0.05) is 25.6 Å². The smallest absolute Gasteiger partial charge is 0.233 e. The van der Waals surface area contributed by atoms with Gasteiger partial charge in [0.25, 0.3) is 0 Å². The predicted molar refractivity (Wildman–Crippen MR) is 48.1 cm³/mol. The van der Waals surface area contributed by atoms with Crippen molar-refractivity contribution < 1.29 is 9.90 Å². The van der Waals surface area contributed by atoms with Crippen LogP contribution >= 0.6 is 0 Å². The van der Waals surface area contributed by atoms with Gasteiger partial charge in [0.05, 0.1) is 13.2 Å². The van der Waals surface area contributed by atoms with Crippen molar-refractivity contribution in [3.63, 3.8) is 0 Å². The van der Waals surface area contributed by atoms with Crippen LogP contribution in [0.2, 0.25) is 0 Å². The highest BCUT2D eigenvalue weighted by Crippen LogP contribution is 2.57. The first kappa shape index (κ1) is 8.97. The minimum Gasteiger partial charge on any atom is -0.396 e. The molecule has 2 N–H and O–H groups in total. The van der Waals surface area contributed by atoms with Crippen molar-refractivity contribution in [2.24, 2.45) is 11.3 Å². The second-order valence-electron chi connectivity index (χ2n) is 4.26. The van der Waals surface area contributed by atoms with Crippen molar-refractivity contribution in [3.8, 4) is 0 Å². The standard InChI is InChI=1S/C9H16N2O2/c1-10-8(13)4-11-3-7-2-9(7,5-11)6-12/h7,12H,2-6H2,1H3,(H,10,13). The van der Waals surface area contributed by atoms with E-state index < -0.39 is 0 Å². The Morgan fingerprint density at radius 1 is 1.77 bits per heavy atom. The molecule has 0 aromatic carbocycles. The number of amides is 1. The Hall–Kier alpha value is -0.610. The van der Waals surface area contributed by atoms with Crippen LogP contribution in [0.5, 0.6) is 0 Å². The fourth-order valence-corrected chi connectivity index (χ4v) is 2.35. The van der Waals surface area contributed by atoms with Crippen LogP contribution < -0.4 is 5.32 Å². The Morgan fingerprint density at radius 3 is 3.08 bits per heavy atom. The summed E-state index contributed by atoms with van der Waals surface area (Å²) < 4.78 is 0. The summed E-state index contributed by atoms with van der Waals surface area (Å²) in [6.45, 7) is 2.63. The van der Waals surface area contributed by atoms with Gasteiger partial charge in [-0.2, -0.15) is 0 Å². The van der Waals surface area contributed by atoms with Crippen LogP contribution in [0.4, 0.5) is 0 Å². The summed E-state index contributed by atoms with van der Waals surface area (Å²) in [5.41, 5.74) is 0.161. The maximum atomic E-state index is 11.1. The first-order chi connectivity index (χ1) is 6.20. The molecule has 2 unspecified atom stereocenters. The molecule has 1 aliphatic carbocycles. The van der Waals surface area contributed by atoms with Crippen molar-refractivity contribution in [1.29, 1.82) is 0 Å². The molecule has 1 amide bonds. The molecule has 1 aliphatic heterocycles. The minimum absolute atomic E-state index is 0.0642. The van der Waals surface area contributed by atoms with Gasteiger partial charge < -0.3 is 10.4 Å². The average Bonchev–Trinajstić information content (AvgIpc) is 2.70. The molecule has 0 aromatic rings. The van der Waals surface area contributed by atoms with Crippen LogP contribution in [-0.2, 0) is 4.79 Å². The van der Waals surface area contributed by atoms with Gasteiger partial charge >= 0.3 is 0 Å². The Kier molecular flexibility index (Phi) is 2.04. The molecule has 0 bridgehead atoms. The number of fused-ring (bicyclic) bond motifs is 1. The van der Waals surface area contributed by atoms with E-state index in [2.05, 4.69) is 10.2 Å². The Morgan fingerprint density at radius 2 is 2.54 bits per heavy atom. The third kappa shape index (κ3) is 1.44. The fraction of sp³-hybridized carbons (Fsp3) is 0.889. The molecule has 2 atom stereocenters. The number of piperidine rings is 1. The summed E-state index contributed by atoms with van der Waals surface area (Å²) in [6, 6.07) is 0. The number of aliphatic hydroxyl groups excluding tert-OH is 1. The van der Waals surface area contributed by atoms with E-state index in [1.54, 1.807) is 7.05 Å². The zero-order valence-electron chi connectivity index (χ0n) is 7.92. The number of rotatable bonds is 3. The van der Waals surface area contributed by atoms with Crippen molar-refractivity contribution in [2.45, 2.75) is 6.42 Å². The van der Waals surface area contributed by atoms with E-state index in [1.807, 2.05) is 0 Å². The van der Waals surface area contributed by atoms with Gasteiger partial charge in [0.1, 0.15) is 0 Å². The van der Waals surface area contributed by atoms with Gasteiger partial charge in [-0.05, 0) is 12.3 Å². The van der Waals surface area contributed by atoms with Gasteiger partial charge in [-0.25, -0.2) is 0 Å². The van der Waals surface area contributed by atoms with Crippen LogP contribution in [0.25, 0.3) is 0 Å². The SMILES string of the molecule is CNC(=O)CN1CC2CC2(CO)C1. The topological polar surface area (TPSA) is 52.6 Å². The molecular weight excluding hydrogens is 168 g/mol.